The molecule has 1 rings (SSSR count). The molecule has 1 heterocycles. The van der Waals surface area contributed by atoms with Crippen LogP contribution in [-0.4, -0.2) is 78.4 Å². The molecule has 1 saturated heterocycles. The lowest BCUT2D eigenvalue weighted by Crippen LogP contribution is -2.54. The molecule has 0 aromatic heterocycles. The number of amides is 2. The number of aliphatic carboxylic acids is 1. The third kappa shape index (κ3) is 5.75. The van der Waals surface area contributed by atoms with E-state index in [1.54, 1.807) is 4.90 Å². The zero-order chi connectivity index (χ0) is 15.2. The third-order valence-electron chi connectivity index (χ3n) is 3.22. The van der Waals surface area contributed by atoms with E-state index in [1.165, 1.54) is 0 Å². The van der Waals surface area contributed by atoms with Gasteiger partial charge in [-0.25, -0.2) is 4.79 Å². The zero-order valence-electron chi connectivity index (χ0n) is 12.5. The van der Waals surface area contributed by atoms with E-state index in [2.05, 4.69) is 5.32 Å². The van der Waals surface area contributed by atoms with Gasteiger partial charge in [0.15, 0.2) is 0 Å². The number of ether oxygens (including phenoxy) is 1. The number of piperazine rings is 1. The lowest BCUT2D eigenvalue weighted by atomic mass is 10.1. The average Bonchev–Trinajstić information content (AvgIpc) is 2.36. The Labute approximate surface area is 119 Å². The Morgan fingerprint density at radius 1 is 1.25 bits per heavy atom. The van der Waals surface area contributed by atoms with Crippen LogP contribution in [0.3, 0.4) is 0 Å². The minimum absolute atomic E-state index is 0.0346. The van der Waals surface area contributed by atoms with Crippen molar-refractivity contribution in [3.8, 4) is 0 Å². The largest absolute Gasteiger partial charge is 0.480 e. The molecule has 0 aromatic rings. The molecule has 1 fully saturated rings. The topological polar surface area (TPSA) is 82.1 Å². The van der Waals surface area contributed by atoms with E-state index in [4.69, 9.17) is 9.84 Å². The molecule has 2 amide bonds. The fraction of sp³-hybridized carbons (Fsp3) is 0.846. The van der Waals surface area contributed by atoms with Gasteiger partial charge in [0.1, 0.15) is 0 Å². The fourth-order valence-corrected chi connectivity index (χ4v) is 2.14. The maximum Gasteiger partial charge on any atom is 0.317 e. The molecule has 0 spiro atoms. The van der Waals surface area contributed by atoms with Crippen molar-refractivity contribution < 1.29 is 19.4 Å². The van der Waals surface area contributed by atoms with Gasteiger partial charge in [0.25, 0.3) is 0 Å². The molecule has 116 valence electrons. The van der Waals surface area contributed by atoms with Crippen LogP contribution < -0.4 is 5.32 Å². The molecule has 1 aliphatic heterocycles. The van der Waals surface area contributed by atoms with Gasteiger partial charge >= 0.3 is 12.0 Å². The summed E-state index contributed by atoms with van der Waals surface area (Å²) < 4.78 is 5.52. The van der Waals surface area contributed by atoms with Gasteiger partial charge in [-0.3, -0.25) is 9.69 Å². The highest BCUT2D eigenvalue weighted by molar-refractivity contribution is 5.74. The van der Waals surface area contributed by atoms with Crippen molar-refractivity contribution in [3.05, 3.63) is 0 Å². The smallest absolute Gasteiger partial charge is 0.317 e. The summed E-state index contributed by atoms with van der Waals surface area (Å²) in [4.78, 5) is 26.1. The quantitative estimate of drug-likeness (QED) is 0.730. The number of nitrogens with one attached hydrogen (secondary N) is 1. The highest BCUT2D eigenvalue weighted by Gasteiger charge is 2.24. The molecule has 0 unspecified atom stereocenters. The molecule has 1 aliphatic rings. The predicted molar refractivity (Wildman–Crippen MR) is 74.8 cm³/mol. The molecule has 0 aromatic carbocycles. The van der Waals surface area contributed by atoms with Crippen LogP contribution in [0.2, 0.25) is 0 Å². The van der Waals surface area contributed by atoms with Crippen LogP contribution >= 0.6 is 0 Å². The molecule has 0 atom stereocenters. The Kier molecular flexibility index (Phi) is 6.22. The minimum atomic E-state index is -0.832. The molecular formula is C13H25N3O4. The van der Waals surface area contributed by atoms with Gasteiger partial charge in [-0.2, -0.15) is 0 Å². The second-order valence-electron chi connectivity index (χ2n) is 5.51. The van der Waals surface area contributed by atoms with Crippen molar-refractivity contribution in [1.82, 2.24) is 15.1 Å². The second kappa shape index (κ2) is 7.44. The predicted octanol–water partition coefficient (Wildman–Crippen LogP) is 0.213. The molecular weight excluding hydrogens is 262 g/mol. The number of hydrogen-bond acceptors (Lipinski definition) is 4. The maximum absolute atomic E-state index is 12.0. The molecule has 2 N–H and O–H groups in total. The molecule has 0 radical (unpaired) electrons. The Bertz CT molecular complexity index is 339. The number of carbonyl (C=O) groups excluding carboxylic acids is 1. The standard InChI is InChI=1S/C13H25N3O4/c1-4-20-13(2,3)10-14-12(19)16-7-5-15(6-8-16)9-11(17)18/h4-10H2,1-3H3,(H,14,19)(H,17,18). The molecule has 0 saturated carbocycles. The summed E-state index contributed by atoms with van der Waals surface area (Å²) in [6, 6.07) is -0.118. The first kappa shape index (κ1) is 16.7. The van der Waals surface area contributed by atoms with E-state index in [0.717, 1.165) is 0 Å². The number of hydrogen-bond donors (Lipinski definition) is 2. The van der Waals surface area contributed by atoms with E-state index in [9.17, 15) is 9.59 Å². The van der Waals surface area contributed by atoms with Gasteiger partial charge in [0, 0.05) is 39.3 Å². The van der Waals surface area contributed by atoms with E-state index >= 15 is 0 Å². The van der Waals surface area contributed by atoms with Gasteiger partial charge in [0.2, 0.25) is 0 Å². The maximum atomic E-state index is 12.0. The molecule has 0 bridgehead atoms. The molecule has 7 heteroatoms. The van der Waals surface area contributed by atoms with Crippen LogP contribution in [-0.2, 0) is 9.53 Å². The van der Waals surface area contributed by atoms with E-state index in [1.807, 2.05) is 25.7 Å². The highest BCUT2D eigenvalue weighted by Crippen LogP contribution is 2.08. The van der Waals surface area contributed by atoms with Gasteiger partial charge in [-0.05, 0) is 20.8 Å². The van der Waals surface area contributed by atoms with E-state index < -0.39 is 5.97 Å². The summed E-state index contributed by atoms with van der Waals surface area (Å²) in [6.07, 6.45) is 0. The Morgan fingerprint density at radius 3 is 2.35 bits per heavy atom. The van der Waals surface area contributed by atoms with Gasteiger partial charge in [0.05, 0.1) is 12.1 Å². The van der Waals surface area contributed by atoms with Crippen molar-refractivity contribution in [3.63, 3.8) is 0 Å². The first-order valence-corrected chi connectivity index (χ1v) is 6.95. The summed E-state index contributed by atoms with van der Waals surface area (Å²) in [7, 11) is 0. The summed E-state index contributed by atoms with van der Waals surface area (Å²) in [6.45, 7) is 9.17. The van der Waals surface area contributed by atoms with Crippen LogP contribution in [0.5, 0.6) is 0 Å². The van der Waals surface area contributed by atoms with Gasteiger partial charge < -0.3 is 20.1 Å². The zero-order valence-corrected chi connectivity index (χ0v) is 12.5. The normalized spacial score (nSPS) is 17.1. The van der Waals surface area contributed by atoms with Crippen LogP contribution in [0.4, 0.5) is 4.79 Å². The van der Waals surface area contributed by atoms with Crippen molar-refractivity contribution in [2.75, 3.05) is 45.9 Å². The van der Waals surface area contributed by atoms with Gasteiger partial charge in [-0.1, -0.05) is 0 Å². The first-order valence-electron chi connectivity index (χ1n) is 6.95. The van der Waals surface area contributed by atoms with E-state index in [-0.39, 0.29) is 18.2 Å². The van der Waals surface area contributed by atoms with Crippen LogP contribution in [0.15, 0.2) is 0 Å². The van der Waals surface area contributed by atoms with E-state index in [0.29, 0.717) is 39.3 Å². The number of carboxylic acids is 1. The summed E-state index contributed by atoms with van der Waals surface area (Å²) in [5.74, 6) is -0.832. The molecule has 20 heavy (non-hydrogen) atoms. The van der Waals surface area contributed by atoms with Crippen molar-refractivity contribution in [2.45, 2.75) is 26.4 Å². The highest BCUT2D eigenvalue weighted by atomic mass is 16.5. The van der Waals surface area contributed by atoms with Crippen molar-refractivity contribution in [2.24, 2.45) is 0 Å². The Balaban J connectivity index is 2.30. The fourth-order valence-electron chi connectivity index (χ4n) is 2.14. The number of carboxylic acid groups (broad SMARTS) is 1. The Morgan fingerprint density at radius 2 is 1.85 bits per heavy atom. The second-order valence-corrected chi connectivity index (χ2v) is 5.51. The average molecular weight is 287 g/mol. The summed E-state index contributed by atoms with van der Waals surface area (Å²) in [5.41, 5.74) is -0.379. The van der Waals surface area contributed by atoms with Crippen molar-refractivity contribution >= 4 is 12.0 Å². The minimum Gasteiger partial charge on any atom is -0.480 e. The molecule has 0 aliphatic carbocycles. The summed E-state index contributed by atoms with van der Waals surface area (Å²) in [5, 5.41) is 11.6. The van der Waals surface area contributed by atoms with Crippen molar-refractivity contribution in [1.29, 1.82) is 0 Å². The third-order valence-corrected chi connectivity index (χ3v) is 3.22. The monoisotopic (exact) mass is 287 g/mol. The number of carbonyl (C=O) groups is 2. The lowest BCUT2D eigenvalue weighted by Gasteiger charge is -2.34. The number of nitrogens with zero attached hydrogens (tertiary/aromatic N) is 2. The first-order chi connectivity index (χ1) is 9.34. The number of rotatable bonds is 6. The number of urea groups is 1. The van der Waals surface area contributed by atoms with Gasteiger partial charge in [-0.15, -0.1) is 0 Å². The Hall–Kier alpha value is -1.34. The summed E-state index contributed by atoms with van der Waals surface area (Å²) >= 11 is 0. The van der Waals surface area contributed by atoms with Crippen LogP contribution in [0.25, 0.3) is 0 Å². The lowest BCUT2D eigenvalue weighted by molar-refractivity contribution is -0.138. The molecule has 7 nitrogen and oxygen atoms in total. The van der Waals surface area contributed by atoms with Crippen LogP contribution in [0.1, 0.15) is 20.8 Å². The van der Waals surface area contributed by atoms with Crippen LogP contribution in [0, 0.1) is 0 Å². The SMILES string of the molecule is CCOC(C)(C)CNC(=O)N1CCN(CC(=O)O)CC1.